The number of methoxy groups -OCH3 is 3. The number of nitrogens with one attached hydrogen (secondary N) is 3. The van der Waals surface area contributed by atoms with E-state index in [1.807, 2.05) is 68.3 Å². The van der Waals surface area contributed by atoms with E-state index in [0.29, 0.717) is 84.8 Å². The number of ether oxygens (including phenoxy) is 6. The molecule has 0 bridgehead atoms. The molecule has 7 rings (SSSR count). The van der Waals surface area contributed by atoms with Crippen molar-refractivity contribution < 1.29 is 42.8 Å². The van der Waals surface area contributed by atoms with Crippen molar-refractivity contribution >= 4 is 40.5 Å². The third-order valence-corrected chi connectivity index (χ3v) is 10.7. The first-order chi connectivity index (χ1) is 27.4. The van der Waals surface area contributed by atoms with Gasteiger partial charge in [-0.15, -0.1) is 0 Å². The summed E-state index contributed by atoms with van der Waals surface area (Å²) < 4.78 is 34.5. The molecule has 3 atom stereocenters. The standard InChI is InChI=1S/C43H53N5O9/c1-43(2,3)57-42(51)46-28-12-10-26(11-13-28)27-16-29-22-44-34-20-38(36(53-5)18-32(34)40(49)47(29)24-27)55-14-8-7-9-15-56-39-21-35-33(19-37(39)54-6)41(50)48-25-31(52-4)17-30(48)23-45-35/h10-13,18-21,24,29-31,44-45H,7-9,14-17,22-23,25H2,1-6H3,(H,46,51)/t29-,30-,31-/m0/s1. The summed E-state index contributed by atoms with van der Waals surface area (Å²) in [5.41, 5.74) is 4.59. The van der Waals surface area contributed by atoms with Crippen LogP contribution in [0, 0.1) is 0 Å². The molecule has 3 N–H and O–H groups in total. The third kappa shape index (κ3) is 8.85. The van der Waals surface area contributed by atoms with Crippen LogP contribution in [0.1, 0.15) is 79.2 Å². The topological polar surface area (TPSA) is 149 Å². The molecule has 0 saturated carbocycles. The molecule has 57 heavy (non-hydrogen) atoms. The summed E-state index contributed by atoms with van der Waals surface area (Å²) in [6.45, 7) is 8.20. The Morgan fingerprint density at radius 2 is 1.39 bits per heavy atom. The average Bonchev–Trinajstić information content (AvgIpc) is 3.76. The van der Waals surface area contributed by atoms with Gasteiger partial charge in [0.2, 0.25) is 0 Å². The Balaban J connectivity index is 0.904. The number of nitrogens with zero attached hydrogens (tertiary/aromatic N) is 2. The summed E-state index contributed by atoms with van der Waals surface area (Å²) in [5, 5.41) is 9.67. The smallest absolute Gasteiger partial charge is 0.412 e. The molecular formula is C43H53N5O9. The third-order valence-electron chi connectivity index (χ3n) is 10.7. The molecule has 304 valence electrons. The Bertz CT molecular complexity index is 2010. The fourth-order valence-electron chi connectivity index (χ4n) is 7.75. The van der Waals surface area contributed by atoms with E-state index in [0.717, 1.165) is 42.5 Å². The minimum Gasteiger partial charge on any atom is -0.493 e. The fraction of sp³-hybridized carbons (Fsp3) is 0.465. The number of benzene rings is 3. The largest absolute Gasteiger partial charge is 0.493 e. The van der Waals surface area contributed by atoms with E-state index in [9.17, 15) is 14.4 Å². The molecule has 4 aliphatic heterocycles. The lowest BCUT2D eigenvalue weighted by Gasteiger charge is -2.21. The van der Waals surface area contributed by atoms with Crippen molar-refractivity contribution in [2.24, 2.45) is 0 Å². The zero-order chi connectivity index (χ0) is 40.3. The number of fused-ring (bicyclic) bond motifs is 4. The summed E-state index contributed by atoms with van der Waals surface area (Å²) >= 11 is 0. The second kappa shape index (κ2) is 16.8. The van der Waals surface area contributed by atoms with Crippen molar-refractivity contribution in [1.82, 2.24) is 9.80 Å². The van der Waals surface area contributed by atoms with Crippen molar-refractivity contribution in [2.75, 3.05) is 70.1 Å². The second-order valence-corrected chi connectivity index (χ2v) is 15.8. The zero-order valence-corrected chi connectivity index (χ0v) is 33.6. The van der Waals surface area contributed by atoms with Crippen LogP contribution in [0.4, 0.5) is 21.9 Å². The van der Waals surface area contributed by atoms with Gasteiger partial charge in [0.25, 0.3) is 11.8 Å². The Morgan fingerprint density at radius 1 is 0.789 bits per heavy atom. The SMILES string of the molecule is COc1cc2c(cc1OCCCCCOc1cc3c(cc1OC)C(=O)N1C[C@@H](OC)C[C@H]1CN3)NC[C@@H]1CC(c3ccc(NC(=O)OC(C)(C)C)cc3)=CN1C2=O. The molecule has 0 unspecified atom stereocenters. The van der Waals surface area contributed by atoms with Crippen molar-refractivity contribution in [3.63, 3.8) is 0 Å². The number of hydrogen-bond donors (Lipinski definition) is 3. The highest BCUT2D eigenvalue weighted by Crippen LogP contribution is 2.40. The number of anilines is 3. The molecule has 14 heteroatoms. The summed E-state index contributed by atoms with van der Waals surface area (Å²) in [5.74, 6) is 2.03. The van der Waals surface area contributed by atoms with Gasteiger partial charge in [-0.2, -0.15) is 0 Å². The molecule has 0 aromatic heterocycles. The number of carbonyl (C=O) groups excluding carboxylic acids is 3. The molecule has 1 saturated heterocycles. The lowest BCUT2D eigenvalue weighted by molar-refractivity contribution is 0.0634. The second-order valence-electron chi connectivity index (χ2n) is 15.8. The van der Waals surface area contributed by atoms with Crippen LogP contribution in [-0.2, 0) is 9.47 Å². The maximum Gasteiger partial charge on any atom is 0.412 e. The molecule has 1 fully saturated rings. The molecule has 4 aliphatic rings. The van der Waals surface area contributed by atoms with Crippen LogP contribution < -0.4 is 34.9 Å². The lowest BCUT2D eigenvalue weighted by atomic mass is 10.0. The minimum absolute atomic E-state index is 0.0272. The maximum absolute atomic E-state index is 13.9. The molecule has 14 nitrogen and oxygen atoms in total. The molecule has 3 aromatic rings. The van der Waals surface area contributed by atoms with Gasteiger partial charge in [-0.1, -0.05) is 12.1 Å². The van der Waals surface area contributed by atoms with Gasteiger partial charge in [-0.25, -0.2) is 4.79 Å². The van der Waals surface area contributed by atoms with Crippen LogP contribution in [0.5, 0.6) is 23.0 Å². The van der Waals surface area contributed by atoms with E-state index >= 15 is 0 Å². The highest BCUT2D eigenvalue weighted by atomic mass is 16.6. The number of hydrogen-bond acceptors (Lipinski definition) is 11. The van der Waals surface area contributed by atoms with E-state index < -0.39 is 11.7 Å². The van der Waals surface area contributed by atoms with E-state index in [1.165, 1.54) is 0 Å². The van der Waals surface area contributed by atoms with Crippen LogP contribution in [0.25, 0.3) is 5.57 Å². The van der Waals surface area contributed by atoms with Gasteiger partial charge in [0.1, 0.15) is 5.60 Å². The molecule has 3 aromatic carbocycles. The first-order valence-corrected chi connectivity index (χ1v) is 19.6. The van der Waals surface area contributed by atoms with E-state index in [2.05, 4.69) is 16.0 Å². The normalized spacial score (nSPS) is 19.8. The zero-order valence-electron chi connectivity index (χ0n) is 33.6. The van der Waals surface area contributed by atoms with Crippen LogP contribution in [0.3, 0.4) is 0 Å². The number of unbranched alkanes of at least 4 members (excludes halogenated alkanes) is 2. The van der Waals surface area contributed by atoms with E-state index in [4.69, 9.17) is 28.4 Å². The number of amides is 3. The van der Waals surface area contributed by atoms with Gasteiger partial charge in [-0.3, -0.25) is 14.9 Å². The predicted octanol–water partition coefficient (Wildman–Crippen LogP) is 7.02. The first-order valence-electron chi connectivity index (χ1n) is 19.6. The maximum atomic E-state index is 13.9. The molecule has 3 amide bonds. The molecule has 0 spiro atoms. The van der Waals surface area contributed by atoms with Crippen molar-refractivity contribution in [3.8, 4) is 23.0 Å². The Labute approximate surface area is 333 Å². The highest BCUT2D eigenvalue weighted by Gasteiger charge is 2.39. The van der Waals surface area contributed by atoms with Gasteiger partial charge in [0, 0.05) is 50.8 Å². The average molecular weight is 784 g/mol. The van der Waals surface area contributed by atoms with Gasteiger partial charge in [0.05, 0.1) is 68.1 Å². The quantitative estimate of drug-likeness (QED) is 0.154. The van der Waals surface area contributed by atoms with Crippen molar-refractivity contribution in [3.05, 3.63) is 71.4 Å². The minimum atomic E-state index is -0.587. The molecule has 0 radical (unpaired) electrons. The predicted molar refractivity (Wildman–Crippen MR) is 217 cm³/mol. The highest BCUT2D eigenvalue weighted by molar-refractivity contribution is 6.03. The number of rotatable bonds is 13. The van der Waals surface area contributed by atoms with Crippen molar-refractivity contribution in [1.29, 1.82) is 0 Å². The Morgan fingerprint density at radius 3 is 1.96 bits per heavy atom. The Hall–Kier alpha value is -5.63. The van der Waals surface area contributed by atoms with Crippen LogP contribution in [0.2, 0.25) is 0 Å². The van der Waals surface area contributed by atoms with E-state index in [-0.39, 0.29) is 30.0 Å². The summed E-state index contributed by atoms with van der Waals surface area (Å²) in [7, 11) is 4.84. The molecular weight excluding hydrogens is 730 g/mol. The summed E-state index contributed by atoms with van der Waals surface area (Å²) in [6, 6.07) is 14.8. The van der Waals surface area contributed by atoms with Crippen LogP contribution >= 0.6 is 0 Å². The van der Waals surface area contributed by atoms with Gasteiger partial charge in [0.15, 0.2) is 23.0 Å². The number of carbonyl (C=O) groups is 3. The molecule has 4 heterocycles. The lowest BCUT2D eigenvalue weighted by Crippen LogP contribution is -2.37. The first kappa shape index (κ1) is 39.6. The van der Waals surface area contributed by atoms with E-state index in [1.54, 1.807) is 38.4 Å². The van der Waals surface area contributed by atoms with Crippen molar-refractivity contribution in [2.45, 2.75) is 76.7 Å². The van der Waals surface area contributed by atoms with Gasteiger partial charge in [-0.05, 0) is 88.3 Å². The van der Waals surface area contributed by atoms with Crippen LogP contribution in [0.15, 0.2) is 54.7 Å². The molecule has 0 aliphatic carbocycles. The van der Waals surface area contributed by atoms with Crippen LogP contribution in [-0.4, -0.2) is 106 Å². The van der Waals surface area contributed by atoms with Gasteiger partial charge >= 0.3 is 6.09 Å². The summed E-state index contributed by atoms with van der Waals surface area (Å²) in [4.78, 5) is 43.1. The fourth-order valence-corrected chi connectivity index (χ4v) is 7.75. The summed E-state index contributed by atoms with van der Waals surface area (Å²) in [6.07, 6.45) is 5.38. The monoisotopic (exact) mass is 783 g/mol. The Kier molecular flexibility index (Phi) is 11.7. The van der Waals surface area contributed by atoms with Gasteiger partial charge < -0.3 is 48.9 Å².